The number of benzene rings is 3. The van der Waals surface area contributed by atoms with Crippen molar-refractivity contribution in [1.29, 1.82) is 0 Å². The molecule has 0 aliphatic rings. The minimum Gasteiger partial charge on any atom is -0.493 e. The van der Waals surface area contributed by atoms with Crippen molar-refractivity contribution >= 4 is 28.5 Å². The predicted molar refractivity (Wildman–Crippen MR) is 123 cm³/mol. The molecule has 1 aromatic heterocycles. The van der Waals surface area contributed by atoms with Crippen LogP contribution in [0.5, 0.6) is 5.75 Å². The van der Waals surface area contributed by atoms with Gasteiger partial charge in [0.25, 0.3) is 0 Å². The number of aromatic nitrogens is 2. The van der Waals surface area contributed by atoms with E-state index in [0.29, 0.717) is 19.4 Å². The Balaban J connectivity index is 1.62. The van der Waals surface area contributed by atoms with Crippen LogP contribution in [0.15, 0.2) is 66.9 Å². The highest BCUT2D eigenvalue weighted by Gasteiger charge is 2.12. The van der Waals surface area contributed by atoms with Crippen LogP contribution in [0.2, 0.25) is 5.02 Å². The van der Waals surface area contributed by atoms with Crippen molar-refractivity contribution in [2.75, 3.05) is 6.61 Å². The fourth-order valence-electron chi connectivity index (χ4n) is 3.64. The molecule has 3 aromatic carbocycles. The molecule has 0 saturated heterocycles. The van der Waals surface area contributed by atoms with Crippen LogP contribution in [0.3, 0.4) is 0 Å². The Morgan fingerprint density at radius 3 is 2.74 bits per heavy atom. The second-order valence-corrected chi connectivity index (χ2v) is 7.86. The number of ether oxygens (including phenoxy) is 1. The summed E-state index contributed by atoms with van der Waals surface area (Å²) in [6, 6.07) is 19.8. The minimum absolute atomic E-state index is 0.0911. The fourth-order valence-corrected chi connectivity index (χ4v) is 3.87. The van der Waals surface area contributed by atoms with Gasteiger partial charge in [0, 0.05) is 35.9 Å². The van der Waals surface area contributed by atoms with E-state index in [1.165, 1.54) is 0 Å². The van der Waals surface area contributed by atoms with Gasteiger partial charge in [-0.15, -0.1) is 0 Å². The molecule has 31 heavy (non-hydrogen) atoms. The number of carboxylic acids is 1. The molecular weight excluding hydrogens is 412 g/mol. The van der Waals surface area contributed by atoms with E-state index in [1.54, 1.807) is 0 Å². The third-order valence-electron chi connectivity index (χ3n) is 5.32. The number of carbonyl (C=O) groups is 1. The van der Waals surface area contributed by atoms with Crippen molar-refractivity contribution < 1.29 is 14.6 Å². The maximum atomic E-state index is 11.0. The summed E-state index contributed by atoms with van der Waals surface area (Å²) in [5.41, 5.74) is 4.99. The number of aliphatic carboxylic acids is 1. The molecule has 5 nitrogen and oxygen atoms in total. The summed E-state index contributed by atoms with van der Waals surface area (Å²) in [4.78, 5) is 11.0. The number of carboxylic acid groups (broad SMARTS) is 1. The molecule has 0 aliphatic carbocycles. The second-order valence-electron chi connectivity index (χ2n) is 7.46. The molecule has 0 atom stereocenters. The molecule has 0 bridgehead atoms. The monoisotopic (exact) mass is 434 g/mol. The highest BCUT2D eigenvalue weighted by molar-refractivity contribution is 6.31. The fraction of sp³-hybridized carbons (Fsp3) is 0.200. The van der Waals surface area contributed by atoms with Crippen LogP contribution in [0.1, 0.15) is 17.5 Å². The average Bonchev–Trinajstić information content (AvgIpc) is 3.14. The maximum Gasteiger partial charge on any atom is 0.303 e. The highest BCUT2D eigenvalue weighted by atomic mass is 35.5. The molecule has 1 N–H and O–H groups in total. The lowest BCUT2D eigenvalue weighted by Crippen LogP contribution is -2.04. The first kappa shape index (κ1) is 20.9. The van der Waals surface area contributed by atoms with Gasteiger partial charge in [-0.1, -0.05) is 41.9 Å². The minimum atomic E-state index is -0.807. The van der Waals surface area contributed by atoms with Crippen LogP contribution in [0, 0.1) is 0 Å². The summed E-state index contributed by atoms with van der Waals surface area (Å²) in [5.74, 6) is -0.0484. The van der Waals surface area contributed by atoms with Crippen molar-refractivity contribution in [2.24, 2.45) is 7.05 Å². The third-order valence-corrected chi connectivity index (χ3v) is 5.68. The molecule has 0 aliphatic heterocycles. The van der Waals surface area contributed by atoms with Gasteiger partial charge in [0.15, 0.2) is 0 Å². The zero-order valence-corrected chi connectivity index (χ0v) is 18.0. The van der Waals surface area contributed by atoms with Gasteiger partial charge in [-0.3, -0.25) is 9.48 Å². The molecule has 0 radical (unpaired) electrons. The normalized spacial score (nSPS) is 11.0. The SMILES string of the molecule is Cn1ncc2cc(-c3cc(CCC(=O)O)ccc3OCCc3ccccc3Cl)ccc21. The molecule has 0 saturated carbocycles. The molecule has 1 heterocycles. The first-order chi connectivity index (χ1) is 15.0. The van der Waals surface area contributed by atoms with Gasteiger partial charge in [-0.25, -0.2) is 0 Å². The topological polar surface area (TPSA) is 64.4 Å². The Morgan fingerprint density at radius 1 is 1.10 bits per heavy atom. The van der Waals surface area contributed by atoms with E-state index in [2.05, 4.69) is 11.2 Å². The summed E-state index contributed by atoms with van der Waals surface area (Å²) in [5, 5.41) is 15.1. The number of hydrogen-bond acceptors (Lipinski definition) is 3. The van der Waals surface area contributed by atoms with Crippen LogP contribution in [-0.2, 0) is 24.7 Å². The lowest BCUT2D eigenvalue weighted by Gasteiger charge is -2.14. The Hall–Kier alpha value is -3.31. The second kappa shape index (κ2) is 9.23. The van der Waals surface area contributed by atoms with Crippen LogP contribution in [-0.4, -0.2) is 27.5 Å². The molecule has 4 rings (SSSR count). The molecule has 0 spiro atoms. The van der Waals surface area contributed by atoms with E-state index in [9.17, 15) is 4.79 Å². The van der Waals surface area contributed by atoms with Crippen molar-refractivity contribution in [3.63, 3.8) is 0 Å². The smallest absolute Gasteiger partial charge is 0.303 e. The quantitative estimate of drug-likeness (QED) is 0.396. The summed E-state index contributed by atoms with van der Waals surface area (Å²) in [7, 11) is 1.91. The zero-order chi connectivity index (χ0) is 21.8. The van der Waals surface area contributed by atoms with Crippen LogP contribution in [0.4, 0.5) is 0 Å². The lowest BCUT2D eigenvalue weighted by atomic mass is 9.99. The number of hydrogen-bond donors (Lipinski definition) is 1. The Bertz CT molecular complexity index is 1230. The van der Waals surface area contributed by atoms with Gasteiger partial charge < -0.3 is 9.84 Å². The van der Waals surface area contributed by atoms with Gasteiger partial charge in [0.1, 0.15) is 5.75 Å². The zero-order valence-electron chi connectivity index (χ0n) is 17.2. The molecule has 6 heteroatoms. The van der Waals surface area contributed by atoms with Crippen molar-refractivity contribution in [2.45, 2.75) is 19.3 Å². The Labute approximate surface area is 185 Å². The van der Waals surface area contributed by atoms with E-state index in [1.807, 2.05) is 72.5 Å². The van der Waals surface area contributed by atoms with Crippen LogP contribution in [0.25, 0.3) is 22.0 Å². The maximum absolute atomic E-state index is 11.0. The summed E-state index contributed by atoms with van der Waals surface area (Å²) >= 11 is 6.26. The van der Waals surface area contributed by atoms with E-state index < -0.39 is 5.97 Å². The molecule has 0 unspecified atom stereocenters. The number of nitrogens with zero attached hydrogens (tertiary/aromatic N) is 2. The van der Waals surface area contributed by atoms with Gasteiger partial charge in [-0.2, -0.15) is 5.10 Å². The molecule has 0 fully saturated rings. The number of rotatable bonds is 8. The van der Waals surface area contributed by atoms with E-state index >= 15 is 0 Å². The molecule has 158 valence electrons. The number of aryl methyl sites for hydroxylation is 2. The lowest BCUT2D eigenvalue weighted by molar-refractivity contribution is -0.136. The Kier molecular flexibility index (Phi) is 6.23. The number of fused-ring (bicyclic) bond motifs is 1. The highest BCUT2D eigenvalue weighted by Crippen LogP contribution is 2.33. The van der Waals surface area contributed by atoms with E-state index in [4.69, 9.17) is 21.4 Å². The predicted octanol–water partition coefficient (Wildman–Crippen LogP) is 5.53. The summed E-state index contributed by atoms with van der Waals surface area (Å²) in [6.45, 7) is 0.486. The molecular formula is C25H23ClN2O3. The standard InChI is InChI=1S/C25H23ClN2O3/c1-28-23-9-8-19(15-20(23)16-27-28)21-14-17(7-11-25(29)30)6-10-24(21)31-13-12-18-4-2-3-5-22(18)26/h2-6,8-10,14-16H,7,11-13H2,1H3,(H,29,30). The Morgan fingerprint density at radius 2 is 1.94 bits per heavy atom. The molecule has 4 aromatic rings. The molecule has 0 amide bonds. The first-order valence-electron chi connectivity index (χ1n) is 10.1. The van der Waals surface area contributed by atoms with Gasteiger partial charge in [-0.05, 0) is 53.4 Å². The van der Waals surface area contributed by atoms with Gasteiger partial charge >= 0.3 is 5.97 Å². The van der Waals surface area contributed by atoms with Crippen LogP contribution < -0.4 is 4.74 Å². The summed E-state index contributed by atoms with van der Waals surface area (Å²) < 4.78 is 7.99. The average molecular weight is 435 g/mol. The van der Waals surface area contributed by atoms with Gasteiger partial charge in [0.05, 0.1) is 18.3 Å². The summed E-state index contributed by atoms with van der Waals surface area (Å²) in [6.07, 6.45) is 3.09. The van der Waals surface area contributed by atoms with E-state index in [-0.39, 0.29) is 6.42 Å². The van der Waals surface area contributed by atoms with Gasteiger partial charge in [0.2, 0.25) is 0 Å². The van der Waals surface area contributed by atoms with E-state index in [0.717, 1.165) is 43.9 Å². The first-order valence-corrected chi connectivity index (χ1v) is 10.5. The largest absolute Gasteiger partial charge is 0.493 e. The number of halogens is 1. The van der Waals surface area contributed by atoms with Crippen LogP contribution >= 0.6 is 11.6 Å². The third kappa shape index (κ3) is 4.89. The van der Waals surface area contributed by atoms with Crippen molar-refractivity contribution in [3.8, 4) is 16.9 Å². The van der Waals surface area contributed by atoms with Crippen molar-refractivity contribution in [3.05, 3.63) is 83.0 Å². The van der Waals surface area contributed by atoms with Crippen molar-refractivity contribution in [1.82, 2.24) is 9.78 Å².